The number of hydrogen-bond acceptors (Lipinski definition) is 5. The Morgan fingerprint density at radius 3 is 1.02 bits per heavy atom. The van der Waals surface area contributed by atoms with Crippen molar-refractivity contribution in [3.8, 4) is 0 Å². The molecule has 2 heterocycles. The zero-order valence-corrected chi connectivity index (χ0v) is 28.3. The van der Waals surface area contributed by atoms with Crippen molar-refractivity contribution in [2.45, 2.75) is 32.2 Å². The van der Waals surface area contributed by atoms with Crippen LogP contribution < -0.4 is 9.80 Å². The van der Waals surface area contributed by atoms with E-state index in [0.29, 0.717) is 22.5 Å². The van der Waals surface area contributed by atoms with Crippen LogP contribution in [0.4, 0.5) is 11.4 Å². The number of ketones is 1. The maximum atomic E-state index is 13.3. The number of anilines is 2. The van der Waals surface area contributed by atoms with Crippen LogP contribution in [-0.4, -0.2) is 48.7 Å². The number of carbonyl (C=O) groups excluding carboxylic acids is 5. The van der Waals surface area contributed by atoms with Crippen LogP contribution in [0, 0.1) is 47.3 Å². The summed E-state index contributed by atoms with van der Waals surface area (Å²) in [6.45, 7) is 0. The molecular formula is C31H24Br4N2O5. The molecule has 0 spiro atoms. The fraction of sp³-hybridized carbons (Fsp3) is 0.452. The second kappa shape index (κ2) is 9.65. The number of fused-ring (bicyclic) bond motifs is 10. The maximum Gasteiger partial charge on any atom is 0.238 e. The molecule has 6 fully saturated rings. The van der Waals surface area contributed by atoms with E-state index in [1.54, 1.807) is 48.5 Å². The van der Waals surface area contributed by atoms with Crippen LogP contribution in [0.1, 0.15) is 28.8 Å². The van der Waals surface area contributed by atoms with Crippen LogP contribution in [-0.2, 0) is 19.2 Å². The predicted molar refractivity (Wildman–Crippen MR) is 169 cm³/mol. The highest BCUT2D eigenvalue weighted by molar-refractivity contribution is 9.12. The van der Waals surface area contributed by atoms with E-state index in [-0.39, 0.29) is 96.1 Å². The van der Waals surface area contributed by atoms with Crippen LogP contribution in [0.15, 0.2) is 48.5 Å². The first-order valence-corrected chi connectivity index (χ1v) is 17.8. The van der Waals surface area contributed by atoms with E-state index < -0.39 is 0 Å². The third-order valence-corrected chi connectivity index (χ3v) is 17.2. The Balaban J connectivity index is 0.992. The highest BCUT2D eigenvalue weighted by Gasteiger charge is 2.67. The average Bonchev–Trinajstić information content (AvgIpc) is 3.80. The molecule has 2 saturated heterocycles. The normalized spacial score (nSPS) is 41.3. The van der Waals surface area contributed by atoms with Crippen LogP contribution in [0.5, 0.6) is 0 Å². The molecule has 12 atom stereocenters. The number of hydrogen-bond donors (Lipinski definition) is 0. The number of nitrogens with zero attached hydrogens (tertiary/aromatic N) is 2. The highest BCUT2D eigenvalue weighted by atomic mass is 79.9. The third-order valence-electron chi connectivity index (χ3n) is 10.7. The van der Waals surface area contributed by atoms with Crippen molar-refractivity contribution in [2.75, 3.05) is 9.80 Å². The number of benzene rings is 2. The second-order valence-corrected chi connectivity index (χ2v) is 16.7. The SMILES string of the molecule is O=C(c1ccc(N2C(=O)[C@@H]3[C@H]4C[C@@H]([C@H](Br)[C@@H]4Br)[C@@H]3C2=O)cc1)c1ccc(N2C(=O)[C@@H]3[C@H]4C[C@@H]([C@H](Br)[C@@H]4Br)[C@@H]3C2=O)cc1. The minimum absolute atomic E-state index is 0.137. The number of amides is 4. The summed E-state index contributed by atoms with van der Waals surface area (Å²) in [5, 5.41) is 0. The molecule has 4 aliphatic carbocycles. The van der Waals surface area contributed by atoms with Gasteiger partial charge in [0, 0.05) is 30.4 Å². The van der Waals surface area contributed by atoms with Crippen LogP contribution >= 0.6 is 63.7 Å². The van der Waals surface area contributed by atoms with E-state index in [9.17, 15) is 24.0 Å². The average molecular weight is 824 g/mol. The molecular weight excluding hydrogens is 800 g/mol. The van der Waals surface area contributed by atoms with E-state index in [4.69, 9.17) is 0 Å². The van der Waals surface area contributed by atoms with E-state index in [1.165, 1.54) is 9.80 Å². The summed E-state index contributed by atoms with van der Waals surface area (Å²) in [4.78, 5) is 70.0. The van der Waals surface area contributed by atoms with Gasteiger partial charge in [0.2, 0.25) is 23.6 Å². The van der Waals surface area contributed by atoms with Gasteiger partial charge in [-0.25, -0.2) is 0 Å². The molecule has 4 amide bonds. The number of imide groups is 2. The van der Waals surface area contributed by atoms with Gasteiger partial charge in [0.1, 0.15) is 0 Å². The minimum Gasteiger partial charge on any atom is -0.289 e. The van der Waals surface area contributed by atoms with Crippen molar-refractivity contribution in [2.24, 2.45) is 47.3 Å². The summed E-state index contributed by atoms with van der Waals surface area (Å²) < 4.78 is 0. The van der Waals surface area contributed by atoms with Crippen LogP contribution in [0.25, 0.3) is 0 Å². The second-order valence-electron chi connectivity index (χ2n) is 12.5. The largest absolute Gasteiger partial charge is 0.289 e. The molecule has 6 aliphatic rings. The molecule has 8 rings (SSSR count). The quantitative estimate of drug-likeness (QED) is 0.232. The summed E-state index contributed by atoms with van der Waals surface area (Å²) in [6, 6.07) is 13.1. The number of carbonyl (C=O) groups is 5. The van der Waals surface area contributed by atoms with Gasteiger partial charge in [-0.3, -0.25) is 33.8 Å². The molecule has 2 aromatic rings. The Labute approximate surface area is 275 Å². The molecule has 7 nitrogen and oxygen atoms in total. The molecule has 0 unspecified atom stereocenters. The Morgan fingerprint density at radius 2 is 0.762 bits per heavy atom. The molecule has 42 heavy (non-hydrogen) atoms. The lowest BCUT2D eigenvalue weighted by Crippen LogP contribution is -2.37. The molecule has 0 radical (unpaired) electrons. The lowest BCUT2D eigenvalue weighted by Gasteiger charge is -2.28. The van der Waals surface area contributed by atoms with Crippen molar-refractivity contribution in [1.29, 1.82) is 0 Å². The van der Waals surface area contributed by atoms with Crippen molar-refractivity contribution in [3.63, 3.8) is 0 Å². The van der Waals surface area contributed by atoms with Crippen LogP contribution in [0.2, 0.25) is 0 Å². The fourth-order valence-electron chi connectivity index (χ4n) is 8.90. The summed E-state index contributed by atoms with van der Waals surface area (Å²) in [7, 11) is 0. The lowest BCUT2D eigenvalue weighted by atomic mass is 9.81. The summed E-state index contributed by atoms with van der Waals surface area (Å²) in [6.07, 6.45) is 1.74. The van der Waals surface area contributed by atoms with Crippen molar-refractivity contribution in [1.82, 2.24) is 0 Å². The van der Waals surface area contributed by atoms with Gasteiger partial charge < -0.3 is 0 Å². The van der Waals surface area contributed by atoms with Crippen molar-refractivity contribution in [3.05, 3.63) is 59.7 Å². The number of rotatable bonds is 4. The zero-order chi connectivity index (χ0) is 29.4. The van der Waals surface area contributed by atoms with E-state index in [1.807, 2.05) is 0 Å². The lowest BCUT2D eigenvalue weighted by molar-refractivity contribution is -0.124. The molecule has 4 saturated carbocycles. The van der Waals surface area contributed by atoms with Gasteiger partial charge >= 0.3 is 0 Å². The summed E-state index contributed by atoms with van der Waals surface area (Å²) >= 11 is 14.9. The molecule has 0 N–H and O–H groups in total. The maximum absolute atomic E-state index is 13.3. The first-order chi connectivity index (χ1) is 20.1. The van der Waals surface area contributed by atoms with E-state index in [2.05, 4.69) is 63.7 Å². The predicted octanol–water partition coefficient (Wildman–Crippen LogP) is 5.48. The fourth-order valence-corrected chi connectivity index (χ4v) is 12.6. The Bertz CT molecular complexity index is 1400. The van der Waals surface area contributed by atoms with Crippen LogP contribution in [0.3, 0.4) is 0 Å². The summed E-state index contributed by atoms with van der Waals surface area (Å²) in [5.41, 5.74) is 1.78. The molecule has 4 bridgehead atoms. The molecule has 216 valence electrons. The minimum atomic E-state index is -0.300. The number of halogens is 4. The monoisotopic (exact) mass is 820 g/mol. The number of alkyl halides is 4. The van der Waals surface area contributed by atoms with Crippen molar-refractivity contribution >= 4 is 105 Å². The molecule has 11 heteroatoms. The molecule has 2 aliphatic heterocycles. The van der Waals surface area contributed by atoms with Gasteiger partial charge in [0.15, 0.2) is 5.78 Å². The Morgan fingerprint density at radius 1 is 0.500 bits per heavy atom. The third kappa shape index (κ3) is 3.56. The smallest absolute Gasteiger partial charge is 0.238 e. The highest BCUT2D eigenvalue weighted by Crippen LogP contribution is 2.61. The van der Waals surface area contributed by atoms with Crippen molar-refractivity contribution < 1.29 is 24.0 Å². The van der Waals surface area contributed by atoms with E-state index in [0.717, 1.165) is 12.8 Å². The Hall–Kier alpha value is -1.69. The van der Waals surface area contributed by atoms with Gasteiger partial charge in [-0.15, -0.1) is 0 Å². The van der Waals surface area contributed by atoms with E-state index >= 15 is 0 Å². The standard InChI is InChI=1S/C31H24Br4N2O5/c32-23-15-9-16(24(23)33)20-19(15)28(39)36(29(20)40)13-5-1-11(2-6-13)27(38)12-3-7-14(8-4-12)37-30(41)21-17-10-18(22(21)31(37)42)26(35)25(17)34/h1-8,15-26H,9-10H2/t15-,16-,17-,18-,19-,20+,21-,22+,23-,24+,25-,26+/m1/s1. The molecule has 0 aromatic heterocycles. The molecule has 2 aromatic carbocycles. The first-order valence-electron chi connectivity index (χ1n) is 14.2. The topological polar surface area (TPSA) is 91.8 Å². The van der Waals surface area contributed by atoms with Gasteiger partial charge in [-0.2, -0.15) is 0 Å². The summed E-state index contributed by atoms with van der Waals surface area (Å²) in [5.74, 6) is -1.50. The van der Waals surface area contributed by atoms with Gasteiger partial charge in [-0.1, -0.05) is 63.7 Å². The zero-order valence-electron chi connectivity index (χ0n) is 21.9. The van der Waals surface area contributed by atoms with Gasteiger partial charge in [0.25, 0.3) is 0 Å². The van der Waals surface area contributed by atoms with Gasteiger partial charge in [0.05, 0.1) is 35.0 Å². The first kappa shape index (κ1) is 27.8. The Kier molecular flexibility index (Phi) is 6.40. The van der Waals surface area contributed by atoms with Gasteiger partial charge in [-0.05, 0) is 85.0 Å².